The summed E-state index contributed by atoms with van der Waals surface area (Å²) < 4.78 is 54.3. The molecule has 10 heteroatoms. The Kier molecular flexibility index (Phi) is 5.92. The van der Waals surface area contributed by atoms with Gasteiger partial charge in [-0.2, -0.15) is 8.42 Å². The van der Waals surface area contributed by atoms with Crippen molar-refractivity contribution < 1.29 is 21.0 Å². The Morgan fingerprint density at radius 2 is 1.92 bits per heavy atom. The lowest BCUT2D eigenvalue weighted by molar-refractivity contribution is 0.327. The highest BCUT2D eigenvalue weighted by atomic mass is 35.5. The van der Waals surface area contributed by atoms with Gasteiger partial charge < -0.3 is 0 Å². The second-order valence-electron chi connectivity index (χ2n) is 5.00. The number of hydrogen-bond acceptors (Lipinski definition) is 6. The number of sulfonamides is 1. The molecule has 0 unspecified atom stereocenters. The summed E-state index contributed by atoms with van der Waals surface area (Å²) >= 11 is 7.30. The van der Waals surface area contributed by atoms with Crippen LogP contribution in [0.25, 0.3) is 0 Å². The van der Waals surface area contributed by atoms with Crippen molar-refractivity contribution in [3.8, 4) is 0 Å². The lowest BCUT2D eigenvalue weighted by Gasteiger charge is -2.11. The van der Waals surface area contributed by atoms with Crippen LogP contribution in [0.1, 0.15) is 10.4 Å². The molecule has 0 fully saturated rings. The lowest BCUT2D eigenvalue weighted by Crippen LogP contribution is -2.15. The van der Waals surface area contributed by atoms with E-state index in [2.05, 4.69) is 4.72 Å². The second kappa shape index (κ2) is 7.40. The average molecular weight is 410 g/mol. The maximum Gasteiger partial charge on any atom is 0.264 e. The van der Waals surface area contributed by atoms with Crippen molar-refractivity contribution in [3.63, 3.8) is 0 Å². The molecule has 24 heavy (non-hydrogen) atoms. The maximum absolute atomic E-state index is 12.6. The van der Waals surface area contributed by atoms with Gasteiger partial charge in [-0.25, -0.2) is 8.42 Å². The van der Waals surface area contributed by atoms with Crippen molar-refractivity contribution in [3.05, 3.63) is 45.1 Å². The number of rotatable bonds is 7. The fourth-order valence-corrected chi connectivity index (χ4v) is 4.85. The van der Waals surface area contributed by atoms with Gasteiger partial charge in [0.15, 0.2) is 0 Å². The minimum Gasteiger partial charge on any atom is -0.278 e. The predicted molar refractivity (Wildman–Crippen MR) is 95.8 cm³/mol. The highest BCUT2D eigenvalue weighted by Crippen LogP contribution is 2.28. The Balaban J connectivity index is 2.19. The molecule has 0 spiro atoms. The molecule has 2 rings (SSSR count). The molecule has 1 heterocycles. The summed E-state index contributed by atoms with van der Waals surface area (Å²) in [5.74, 6) is 0. The first kappa shape index (κ1) is 19.2. The van der Waals surface area contributed by atoms with Crippen molar-refractivity contribution in [2.24, 2.45) is 0 Å². The molecular weight excluding hydrogens is 394 g/mol. The molecule has 1 aromatic heterocycles. The van der Waals surface area contributed by atoms with E-state index in [0.29, 0.717) is 21.2 Å². The largest absolute Gasteiger partial charge is 0.278 e. The van der Waals surface area contributed by atoms with Crippen LogP contribution >= 0.6 is 22.9 Å². The third-order valence-electron chi connectivity index (χ3n) is 3.12. The molecule has 0 bridgehead atoms. The molecule has 0 radical (unpaired) electrons. The molecule has 132 valence electrons. The molecule has 0 aliphatic rings. The minimum absolute atomic E-state index is 0.0513. The Morgan fingerprint density at radius 3 is 2.58 bits per heavy atom. The lowest BCUT2D eigenvalue weighted by atomic mass is 10.2. The van der Waals surface area contributed by atoms with Crippen molar-refractivity contribution >= 4 is 48.8 Å². The second-order valence-corrected chi connectivity index (χ2v) is 9.70. The summed E-state index contributed by atoms with van der Waals surface area (Å²) in [5, 5.41) is 2.09. The van der Waals surface area contributed by atoms with Gasteiger partial charge in [-0.3, -0.25) is 8.91 Å². The van der Waals surface area contributed by atoms with Crippen LogP contribution < -0.4 is 4.72 Å². The monoisotopic (exact) mass is 409 g/mol. The number of anilines is 1. The number of halogens is 1. The van der Waals surface area contributed by atoms with Crippen molar-refractivity contribution in [1.82, 2.24) is 0 Å². The SMILES string of the molecule is Cc1c(Cl)cccc1S(=O)(=O)Nc1ccsc1CCOS(C)(=O)=O. The Bertz CT molecular complexity index is 935. The van der Waals surface area contributed by atoms with Crippen molar-refractivity contribution in [2.45, 2.75) is 18.2 Å². The third-order valence-corrected chi connectivity index (χ3v) is 6.62. The number of thiophene rings is 1. The van der Waals surface area contributed by atoms with Crippen LogP contribution in [0.3, 0.4) is 0 Å². The zero-order valence-corrected chi connectivity index (χ0v) is 16.2. The Hall–Kier alpha value is -1.13. The van der Waals surface area contributed by atoms with E-state index >= 15 is 0 Å². The van der Waals surface area contributed by atoms with E-state index < -0.39 is 20.1 Å². The van der Waals surface area contributed by atoms with Crippen molar-refractivity contribution in [2.75, 3.05) is 17.6 Å². The molecule has 0 aliphatic carbocycles. The van der Waals surface area contributed by atoms with Crippen molar-refractivity contribution in [1.29, 1.82) is 0 Å². The predicted octanol–water partition coefficient (Wildman–Crippen LogP) is 3.03. The van der Waals surface area contributed by atoms with Crippen LogP contribution in [0.15, 0.2) is 34.5 Å². The molecule has 0 aliphatic heterocycles. The van der Waals surface area contributed by atoms with Crippen LogP contribution in [0, 0.1) is 6.92 Å². The first-order valence-electron chi connectivity index (χ1n) is 6.79. The van der Waals surface area contributed by atoms with Gasteiger partial charge in [0, 0.05) is 16.3 Å². The minimum atomic E-state index is -3.80. The highest BCUT2D eigenvalue weighted by molar-refractivity contribution is 7.92. The average Bonchev–Trinajstić information content (AvgIpc) is 2.87. The number of benzene rings is 1. The zero-order valence-electron chi connectivity index (χ0n) is 12.9. The first-order valence-corrected chi connectivity index (χ1v) is 11.3. The maximum atomic E-state index is 12.6. The topological polar surface area (TPSA) is 89.5 Å². The molecular formula is C14H16ClNO5S3. The molecule has 0 saturated heterocycles. The molecule has 0 amide bonds. The van der Waals surface area contributed by atoms with Crippen LogP contribution in [-0.4, -0.2) is 29.7 Å². The van der Waals surface area contributed by atoms with Gasteiger partial charge in [-0.15, -0.1) is 11.3 Å². The van der Waals surface area contributed by atoms with Gasteiger partial charge in [-0.1, -0.05) is 17.7 Å². The first-order chi connectivity index (χ1) is 11.1. The molecule has 6 nitrogen and oxygen atoms in total. The normalized spacial score (nSPS) is 12.3. The molecule has 0 atom stereocenters. The summed E-state index contributed by atoms with van der Waals surface area (Å²) in [5.41, 5.74) is 0.861. The Morgan fingerprint density at radius 1 is 1.21 bits per heavy atom. The quantitative estimate of drug-likeness (QED) is 0.710. The highest BCUT2D eigenvalue weighted by Gasteiger charge is 2.20. The van der Waals surface area contributed by atoms with Crippen LogP contribution in [-0.2, 0) is 30.7 Å². The van der Waals surface area contributed by atoms with Crippen LogP contribution in [0.4, 0.5) is 5.69 Å². The smallest absolute Gasteiger partial charge is 0.264 e. The molecule has 1 N–H and O–H groups in total. The van der Waals surface area contributed by atoms with E-state index in [4.69, 9.17) is 15.8 Å². The van der Waals surface area contributed by atoms with Gasteiger partial charge in [0.25, 0.3) is 20.1 Å². The molecule has 2 aromatic rings. The summed E-state index contributed by atoms with van der Waals surface area (Å²) in [6.07, 6.45) is 1.24. The van der Waals surface area contributed by atoms with E-state index in [1.54, 1.807) is 30.5 Å². The zero-order chi connectivity index (χ0) is 18.0. The van der Waals surface area contributed by atoms with Crippen LogP contribution in [0.5, 0.6) is 0 Å². The fraction of sp³-hybridized carbons (Fsp3) is 0.286. The number of hydrogen-bond donors (Lipinski definition) is 1. The number of nitrogens with one attached hydrogen (secondary N) is 1. The van der Waals surface area contributed by atoms with E-state index in [-0.39, 0.29) is 17.9 Å². The Labute approximate surface area is 150 Å². The summed E-state index contributed by atoms with van der Waals surface area (Å²) in [4.78, 5) is 0.779. The van der Waals surface area contributed by atoms with E-state index in [9.17, 15) is 16.8 Å². The van der Waals surface area contributed by atoms with E-state index in [1.165, 1.54) is 17.4 Å². The standard InChI is InChI=1S/C14H16ClNO5S3/c1-10-11(15)4-3-5-14(10)24(19,20)16-12-7-9-22-13(12)6-8-21-23(2,17)18/h3-5,7,9,16H,6,8H2,1-2H3. The van der Waals surface area contributed by atoms with E-state index in [1.807, 2.05) is 0 Å². The molecule has 1 aromatic carbocycles. The van der Waals surface area contributed by atoms with Gasteiger partial charge in [0.2, 0.25) is 0 Å². The summed E-state index contributed by atoms with van der Waals surface area (Å²) in [6, 6.07) is 6.28. The van der Waals surface area contributed by atoms with Crippen LogP contribution in [0.2, 0.25) is 5.02 Å². The fourth-order valence-electron chi connectivity index (χ4n) is 1.99. The summed E-state index contributed by atoms with van der Waals surface area (Å²) in [6.45, 7) is 1.58. The van der Waals surface area contributed by atoms with E-state index in [0.717, 1.165) is 6.26 Å². The van der Waals surface area contributed by atoms with Gasteiger partial charge in [-0.05, 0) is 36.1 Å². The third kappa shape index (κ3) is 4.93. The summed E-state index contributed by atoms with van der Waals surface area (Å²) in [7, 11) is -7.33. The van der Waals surface area contributed by atoms with Gasteiger partial charge in [0.05, 0.1) is 23.4 Å². The molecule has 0 saturated carbocycles. The van der Waals surface area contributed by atoms with Gasteiger partial charge >= 0.3 is 0 Å². The van der Waals surface area contributed by atoms with Gasteiger partial charge in [0.1, 0.15) is 0 Å².